The van der Waals surface area contributed by atoms with Crippen LogP contribution in [0.1, 0.15) is 48.0 Å². The van der Waals surface area contributed by atoms with Gasteiger partial charge in [-0.3, -0.25) is 9.59 Å². The SMILES string of the molecule is COc1cc(CN(C(=O)c2cccc(Cl)c2)C2CCCCC2)ccc1OCC(N)=O. The maximum atomic E-state index is 13.4. The number of carbonyl (C=O) groups excluding carboxylic acids is 2. The molecule has 6 nitrogen and oxygen atoms in total. The predicted octanol–water partition coefficient (Wildman–Crippen LogP) is 4.19. The Morgan fingerprint density at radius 3 is 2.53 bits per heavy atom. The highest BCUT2D eigenvalue weighted by Crippen LogP contribution is 2.31. The maximum absolute atomic E-state index is 13.4. The van der Waals surface area contributed by atoms with E-state index in [1.165, 1.54) is 13.5 Å². The molecular weight excluding hydrogens is 404 g/mol. The first-order valence-corrected chi connectivity index (χ1v) is 10.5. The zero-order chi connectivity index (χ0) is 21.5. The summed E-state index contributed by atoms with van der Waals surface area (Å²) in [5.74, 6) is 0.340. The molecule has 7 heteroatoms. The summed E-state index contributed by atoms with van der Waals surface area (Å²) < 4.78 is 10.8. The zero-order valence-corrected chi connectivity index (χ0v) is 17.9. The highest BCUT2D eigenvalue weighted by atomic mass is 35.5. The van der Waals surface area contributed by atoms with E-state index in [1.54, 1.807) is 30.3 Å². The van der Waals surface area contributed by atoms with Crippen LogP contribution in [0.15, 0.2) is 42.5 Å². The van der Waals surface area contributed by atoms with Crippen LogP contribution in [-0.2, 0) is 11.3 Å². The van der Waals surface area contributed by atoms with Crippen molar-refractivity contribution in [3.8, 4) is 11.5 Å². The Kier molecular flexibility index (Phi) is 7.57. The first-order chi connectivity index (χ1) is 14.5. The number of amides is 2. The van der Waals surface area contributed by atoms with E-state index in [1.807, 2.05) is 17.0 Å². The first kappa shape index (κ1) is 22.0. The summed E-state index contributed by atoms with van der Waals surface area (Å²) in [4.78, 5) is 26.3. The number of hydrogen-bond acceptors (Lipinski definition) is 4. The van der Waals surface area contributed by atoms with Crippen LogP contribution < -0.4 is 15.2 Å². The Morgan fingerprint density at radius 2 is 1.87 bits per heavy atom. The quantitative estimate of drug-likeness (QED) is 0.680. The average Bonchev–Trinajstić information content (AvgIpc) is 2.76. The molecule has 2 amide bonds. The number of nitrogens with zero attached hydrogens (tertiary/aromatic N) is 1. The van der Waals surface area contributed by atoms with Crippen molar-refractivity contribution in [3.63, 3.8) is 0 Å². The average molecular weight is 431 g/mol. The lowest BCUT2D eigenvalue weighted by molar-refractivity contribution is -0.119. The molecule has 160 valence electrons. The second-order valence-electron chi connectivity index (χ2n) is 7.48. The number of carbonyl (C=O) groups is 2. The molecule has 0 heterocycles. The molecule has 1 aliphatic carbocycles. The molecule has 2 N–H and O–H groups in total. The molecule has 0 bridgehead atoms. The maximum Gasteiger partial charge on any atom is 0.255 e. The minimum Gasteiger partial charge on any atom is -0.493 e. The third-order valence-corrected chi connectivity index (χ3v) is 5.53. The summed E-state index contributed by atoms with van der Waals surface area (Å²) in [7, 11) is 1.53. The van der Waals surface area contributed by atoms with E-state index in [9.17, 15) is 9.59 Å². The summed E-state index contributed by atoms with van der Waals surface area (Å²) in [5.41, 5.74) is 6.65. The van der Waals surface area contributed by atoms with Gasteiger partial charge in [0.05, 0.1) is 7.11 Å². The molecule has 30 heavy (non-hydrogen) atoms. The molecule has 3 rings (SSSR count). The van der Waals surface area contributed by atoms with Crippen LogP contribution in [-0.4, -0.2) is 36.5 Å². The second-order valence-corrected chi connectivity index (χ2v) is 7.91. The summed E-state index contributed by atoms with van der Waals surface area (Å²) in [6.45, 7) is 0.222. The van der Waals surface area contributed by atoms with Gasteiger partial charge in [-0.15, -0.1) is 0 Å². The monoisotopic (exact) mass is 430 g/mol. The summed E-state index contributed by atoms with van der Waals surface area (Å²) >= 11 is 6.11. The van der Waals surface area contributed by atoms with Gasteiger partial charge in [0, 0.05) is 23.2 Å². The van der Waals surface area contributed by atoms with Crippen molar-refractivity contribution < 1.29 is 19.1 Å². The predicted molar refractivity (Wildman–Crippen MR) is 116 cm³/mol. The van der Waals surface area contributed by atoms with Crippen LogP contribution in [0.5, 0.6) is 11.5 Å². The van der Waals surface area contributed by atoms with Crippen molar-refractivity contribution in [3.05, 3.63) is 58.6 Å². The molecule has 0 unspecified atom stereocenters. The van der Waals surface area contributed by atoms with Crippen molar-refractivity contribution in [1.82, 2.24) is 4.90 Å². The topological polar surface area (TPSA) is 81.9 Å². The number of methoxy groups -OCH3 is 1. The van der Waals surface area contributed by atoms with Crippen LogP contribution >= 0.6 is 11.6 Å². The lowest BCUT2D eigenvalue weighted by atomic mass is 9.93. The summed E-state index contributed by atoms with van der Waals surface area (Å²) in [5, 5.41) is 0.544. The fourth-order valence-corrected chi connectivity index (χ4v) is 4.01. The van der Waals surface area contributed by atoms with Gasteiger partial charge in [0.25, 0.3) is 11.8 Å². The van der Waals surface area contributed by atoms with Gasteiger partial charge >= 0.3 is 0 Å². The summed E-state index contributed by atoms with van der Waals surface area (Å²) in [6.07, 6.45) is 5.42. The number of nitrogens with two attached hydrogens (primary N) is 1. The van der Waals surface area contributed by atoms with Crippen molar-refractivity contribution in [1.29, 1.82) is 0 Å². The number of primary amides is 1. The normalized spacial score (nSPS) is 14.2. The zero-order valence-electron chi connectivity index (χ0n) is 17.1. The molecule has 1 aliphatic rings. The number of benzene rings is 2. The van der Waals surface area contributed by atoms with Gasteiger partial charge in [-0.1, -0.05) is 43.0 Å². The van der Waals surface area contributed by atoms with Crippen molar-refractivity contribution in [2.75, 3.05) is 13.7 Å². The van der Waals surface area contributed by atoms with Crippen molar-refractivity contribution in [2.45, 2.75) is 44.7 Å². The smallest absolute Gasteiger partial charge is 0.255 e. The number of ether oxygens (including phenoxy) is 2. The van der Waals surface area contributed by atoms with Gasteiger partial charge in [-0.25, -0.2) is 0 Å². The highest BCUT2D eigenvalue weighted by Gasteiger charge is 2.27. The Morgan fingerprint density at radius 1 is 1.10 bits per heavy atom. The standard InChI is InChI=1S/C23H27ClN2O4/c1-29-21-12-16(10-11-20(21)30-15-22(25)27)14-26(19-8-3-2-4-9-19)23(28)17-6-5-7-18(24)13-17/h5-7,10-13,19H,2-4,8-9,14-15H2,1H3,(H2,25,27). The van der Waals surface area contributed by atoms with Gasteiger partial charge in [0.15, 0.2) is 18.1 Å². The van der Waals surface area contributed by atoms with Crippen molar-refractivity contribution in [2.24, 2.45) is 5.73 Å². The van der Waals surface area contributed by atoms with E-state index >= 15 is 0 Å². The molecule has 0 saturated heterocycles. The molecule has 0 atom stereocenters. The second kappa shape index (κ2) is 10.3. The van der Waals surface area contributed by atoms with Crippen LogP contribution in [0.25, 0.3) is 0 Å². The van der Waals surface area contributed by atoms with E-state index in [0.29, 0.717) is 28.6 Å². The molecule has 2 aromatic rings. The van der Waals surface area contributed by atoms with Gasteiger partial charge in [0.2, 0.25) is 0 Å². The third-order valence-electron chi connectivity index (χ3n) is 5.30. The van der Waals surface area contributed by atoms with E-state index in [0.717, 1.165) is 31.2 Å². The summed E-state index contributed by atoms with van der Waals surface area (Å²) in [6, 6.07) is 12.7. The van der Waals surface area contributed by atoms with Gasteiger partial charge < -0.3 is 20.1 Å². The third kappa shape index (κ3) is 5.66. The van der Waals surface area contributed by atoms with Crippen molar-refractivity contribution >= 4 is 23.4 Å². The number of hydrogen-bond donors (Lipinski definition) is 1. The van der Waals surface area contributed by atoms with E-state index in [2.05, 4.69) is 0 Å². The molecule has 2 aromatic carbocycles. The van der Waals surface area contributed by atoms with Gasteiger partial charge in [-0.2, -0.15) is 0 Å². The van der Waals surface area contributed by atoms with Gasteiger partial charge in [0.1, 0.15) is 0 Å². The number of rotatable bonds is 8. The molecule has 0 radical (unpaired) electrons. The molecule has 1 saturated carbocycles. The molecule has 1 fully saturated rings. The Labute approximate surface area is 181 Å². The minimum atomic E-state index is -0.559. The molecule has 0 aliphatic heterocycles. The number of halogens is 1. The molecular formula is C23H27ClN2O4. The first-order valence-electron chi connectivity index (χ1n) is 10.1. The van der Waals surface area contributed by atoms with E-state index in [4.69, 9.17) is 26.8 Å². The largest absolute Gasteiger partial charge is 0.493 e. The van der Waals surface area contributed by atoms with E-state index in [-0.39, 0.29) is 18.6 Å². The lowest BCUT2D eigenvalue weighted by Crippen LogP contribution is -2.41. The van der Waals surface area contributed by atoms with Crippen LogP contribution in [0, 0.1) is 0 Å². The fourth-order valence-electron chi connectivity index (χ4n) is 3.82. The Bertz CT molecular complexity index is 897. The molecule has 0 aromatic heterocycles. The van der Waals surface area contributed by atoms with Crippen LogP contribution in [0.3, 0.4) is 0 Å². The van der Waals surface area contributed by atoms with E-state index < -0.39 is 5.91 Å². The Balaban J connectivity index is 1.85. The van der Waals surface area contributed by atoms with Gasteiger partial charge in [-0.05, 0) is 48.7 Å². The Hall–Kier alpha value is -2.73. The molecule has 0 spiro atoms. The van der Waals surface area contributed by atoms with Crippen LogP contribution in [0.2, 0.25) is 5.02 Å². The fraction of sp³-hybridized carbons (Fsp3) is 0.391. The minimum absolute atomic E-state index is 0.0302. The van der Waals surface area contributed by atoms with Crippen LogP contribution in [0.4, 0.5) is 0 Å². The highest BCUT2D eigenvalue weighted by molar-refractivity contribution is 6.30. The lowest BCUT2D eigenvalue weighted by Gasteiger charge is -2.35.